The molecule has 8 heteroatoms. The van der Waals surface area contributed by atoms with E-state index >= 15 is 0 Å². The summed E-state index contributed by atoms with van der Waals surface area (Å²) in [5.41, 5.74) is 1.16. The van der Waals surface area contributed by atoms with E-state index in [9.17, 15) is 19.5 Å². The lowest BCUT2D eigenvalue weighted by Gasteiger charge is -2.38. The summed E-state index contributed by atoms with van der Waals surface area (Å²) < 4.78 is 7.03. The van der Waals surface area contributed by atoms with Gasteiger partial charge in [-0.3, -0.25) is 14.4 Å². The first-order chi connectivity index (χ1) is 19.8. The molecule has 5 atom stereocenters. The van der Waals surface area contributed by atoms with E-state index in [4.69, 9.17) is 4.74 Å². The van der Waals surface area contributed by atoms with Crippen molar-refractivity contribution in [3.63, 3.8) is 0 Å². The van der Waals surface area contributed by atoms with Crippen molar-refractivity contribution in [3.05, 3.63) is 84.0 Å². The molecule has 0 aliphatic carbocycles. The van der Waals surface area contributed by atoms with Gasteiger partial charge in [0.2, 0.25) is 11.8 Å². The fourth-order valence-corrected chi connectivity index (χ4v) is 7.31. The van der Waals surface area contributed by atoms with Crippen LogP contribution in [0.25, 0.3) is 0 Å². The second-order valence-corrected chi connectivity index (χ2v) is 11.6. The Kier molecular flexibility index (Phi) is 6.86. The minimum atomic E-state index is -1.32. The number of benzene rings is 2. The highest BCUT2D eigenvalue weighted by molar-refractivity contribution is 6.08. The third kappa shape index (κ3) is 4.07. The lowest BCUT2D eigenvalue weighted by molar-refractivity contribution is -0.145. The minimum Gasteiger partial charge on any atom is -0.396 e. The summed E-state index contributed by atoms with van der Waals surface area (Å²) in [4.78, 5) is 48.6. The molecule has 41 heavy (non-hydrogen) atoms. The highest BCUT2D eigenvalue weighted by Gasteiger charge is 2.75. The van der Waals surface area contributed by atoms with Crippen LogP contribution in [0.2, 0.25) is 0 Å². The molecule has 214 valence electrons. The zero-order chi connectivity index (χ0) is 28.9. The smallest absolute Gasteiger partial charge is 0.253 e. The van der Waals surface area contributed by atoms with Crippen LogP contribution < -0.4 is 9.80 Å². The van der Waals surface area contributed by atoms with Crippen molar-refractivity contribution < 1.29 is 24.2 Å². The average Bonchev–Trinajstić information content (AvgIpc) is 3.26. The quantitative estimate of drug-likeness (QED) is 0.551. The number of fused-ring (bicyclic) bond motifs is 2. The summed E-state index contributed by atoms with van der Waals surface area (Å²) >= 11 is 0. The molecule has 2 fully saturated rings. The van der Waals surface area contributed by atoms with E-state index in [0.29, 0.717) is 25.9 Å². The Bertz CT molecular complexity index is 1440. The number of hydrogen-bond acceptors (Lipinski definition) is 5. The number of nitrogens with zero attached hydrogens (tertiary/aromatic N) is 3. The molecular weight excluding hydrogens is 518 g/mol. The summed E-state index contributed by atoms with van der Waals surface area (Å²) in [7, 11) is 0. The highest BCUT2D eigenvalue weighted by atomic mass is 16.5. The number of hydrogen-bond donors (Lipinski definition) is 1. The van der Waals surface area contributed by atoms with Crippen LogP contribution in [0.1, 0.15) is 30.9 Å². The van der Waals surface area contributed by atoms with Crippen LogP contribution in [0.4, 0.5) is 11.4 Å². The molecule has 3 amide bonds. The van der Waals surface area contributed by atoms with Gasteiger partial charge in [-0.15, -0.1) is 0 Å². The molecule has 4 aliphatic heterocycles. The summed E-state index contributed by atoms with van der Waals surface area (Å²) in [5.74, 6) is -2.40. The predicted octanol–water partition coefficient (Wildman–Crippen LogP) is 3.55. The average molecular weight is 556 g/mol. The van der Waals surface area contributed by atoms with Crippen LogP contribution in [0.5, 0.6) is 0 Å². The number of aliphatic hydroxyl groups excluding tert-OH is 1. The molecule has 0 radical (unpaired) electrons. The van der Waals surface area contributed by atoms with Crippen molar-refractivity contribution in [1.29, 1.82) is 0 Å². The SMILES string of the molecule is CC[C@@]12C=CCN(c3ccccc3)C(=O)[C@@H]1[C@H]1C(=O)N(CCCO)C3C(=O)N(c4cc(C)ccc4C)CC=C[C@@]31O2. The molecule has 6 rings (SSSR count). The van der Waals surface area contributed by atoms with Gasteiger partial charge in [0.1, 0.15) is 11.6 Å². The van der Waals surface area contributed by atoms with E-state index in [1.807, 2.05) is 93.6 Å². The van der Waals surface area contributed by atoms with Crippen LogP contribution >= 0.6 is 0 Å². The first kappa shape index (κ1) is 27.4. The Hall–Kier alpha value is -3.75. The number of amides is 3. The van der Waals surface area contributed by atoms with Gasteiger partial charge in [-0.2, -0.15) is 0 Å². The molecular formula is C33H37N3O5. The third-order valence-corrected chi connectivity index (χ3v) is 9.22. The fourth-order valence-electron chi connectivity index (χ4n) is 7.31. The largest absolute Gasteiger partial charge is 0.396 e. The molecule has 8 nitrogen and oxygen atoms in total. The molecule has 2 saturated heterocycles. The molecule has 0 aromatic heterocycles. The summed E-state index contributed by atoms with van der Waals surface area (Å²) in [6.45, 7) is 6.69. The Morgan fingerprint density at radius 3 is 2.37 bits per heavy atom. The maximum absolute atomic E-state index is 14.6. The Morgan fingerprint density at radius 2 is 1.63 bits per heavy atom. The Labute approximate surface area is 240 Å². The van der Waals surface area contributed by atoms with Gasteiger partial charge in [-0.05, 0) is 56.0 Å². The zero-order valence-electron chi connectivity index (χ0n) is 23.8. The molecule has 2 aromatic carbocycles. The molecule has 1 N–H and O–H groups in total. The Balaban J connectivity index is 1.50. The molecule has 1 spiro atoms. The predicted molar refractivity (Wildman–Crippen MR) is 156 cm³/mol. The number of aryl methyl sites for hydroxylation is 2. The van der Waals surface area contributed by atoms with Gasteiger partial charge >= 0.3 is 0 Å². The fraction of sp³-hybridized carbons (Fsp3) is 0.424. The van der Waals surface area contributed by atoms with E-state index in [1.54, 1.807) is 14.7 Å². The number of anilines is 2. The second-order valence-electron chi connectivity index (χ2n) is 11.6. The van der Waals surface area contributed by atoms with Gasteiger partial charge in [0.25, 0.3) is 5.91 Å². The molecule has 0 saturated carbocycles. The number of carbonyl (C=O) groups excluding carboxylic acids is 3. The second kappa shape index (κ2) is 10.3. The van der Waals surface area contributed by atoms with E-state index in [1.165, 1.54) is 0 Å². The van der Waals surface area contributed by atoms with Gasteiger partial charge in [-0.1, -0.05) is 61.6 Å². The minimum absolute atomic E-state index is 0.120. The summed E-state index contributed by atoms with van der Waals surface area (Å²) in [5, 5.41) is 9.69. The topological polar surface area (TPSA) is 90.4 Å². The number of carbonyl (C=O) groups is 3. The van der Waals surface area contributed by atoms with Crippen LogP contribution in [0.3, 0.4) is 0 Å². The van der Waals surface area contributed by atoms with Crippen LogP contribution in [0, 0.1) is 25.7 Å². The van der Waals surface area contributed by atoms with Crippen molar-refractivity contribution in [2.24, 2.45) is 11.8 Å². The summed E-state index contributed by atoms with van der Waals surface area (Å²) in [6.07, 6.45) is 8.47. The van der Waals surface area contributed by atoms with Crippen molar-refractivity contribution >= 4 is 29.1 Å². The molecule has 4 heterocycles. The highest BCUT2D eigenvalue weighted by Crippen LogP contribution is 2.58. The molecule has 2 aromatic rings. The van der Waals surface area contributed by atoms with Crippen molar-refractivity contribution in [2.45, 2.75) is 50.9 Å². The monoisotopic (exact) mass is 555 g/mol. The number of ether oxygens (including phenoxy) is 1. The lowest BCUT2D eigenvalue weighted by Crippen LogP contribution is -2.56. The van der Waals surface area contributed by atoms with Crippen molar-refractivity contribution in [3.8, 4) is 0 Å². The molecule has 0 bridgehead atoms. The molecule has 4 aliphatic rings. The summed E-state index contributed by atoms with van der Waals surface area (Å²) in [6, 6.07) is 14.5. The van der Waals surface area contributed by atoms with Gasteiger partial charge in [0.15, 0.2) is 0 Å². The van der Waals surface area contributed by atoms with Crippen LogP contribution in [-0.2, 0) is 19.1 Å². The number of likely N-dealkylation sites (tertiary alicyclic amines) is 1. The van der Waals surface area contributed by atoms with Crippen LogP contribution in [-0.4, -0.2) is 71.2 Å². The van der Waals surface area contributed by atoms with Crippen molar-refractivity contribution in [1.82, 2.24) is 4.90 Å². The zero-order valence-corrected chi connectivity index (χ0v) is 23.8. The van der Waals surface area contributed by atoms with Gasteiger partial charge in [-0.25, -0.2) is 0 Å². The normalized spacial score (nSPS) is 30.8. The number of para-hydroxylation sites is 1. The van der Waals surface area contributed by atoms with E-state index in [-0.39, 0.29) is 30.9 Å². The first-order valence-corrected chi connectivity index (χ1v) is 14.5. The van der Waals surface area contributed by atoms with E-state index in [2.05, 4.69) is 0 Å². The molecule has 1 unspecified atom stereocenters. The van der Waals surface area contributed by atoms with E-state index < -0.39 is 29.1 Å². The van der Waals surface area contributed by atoms with Gasteiger partial charge in [0.05, 0.1) is 17.4 Å². The first-order valence-electron chi connectivity index (χ1n) is 14.5. The number of rotatable bonds is 6. The third-order valence-electron chi connectivity index (χ3n) is 9.22. The van der Waals surface area contributed by atoms with Gasteiger partial charge < -0.3 is 24.5 Å². The standard InChI is InChI=1S/C33H37N3O5/c1-4-32-15-8-17-34(24-11-6-5-7-12-24)29(38)26(32)27-30(39)36(19-10-20-37)28-31(40)35(18-9-16-33(27,28)41-32)25-21-22(2)13-14-23(25)3/h5-9,11-16,21,26-28,37H,4,10,17-20H2,1-3H3/t26-,27-,28?,32+,33-/m0/s1. The van der Waals surface area contributed by atoms with Crippen molar-refractivity contribution in [2.75, 3.05) is 36.0 Å². The maximum atomic E-state index is 14.6. The van der Waals surface area contributed by atoms with Gasteiger partial charge in [0, 0.05) is 37.6 Å². The van der Waals surface area contributed by atoms with Crippen LogP contribution in [0.15, 0.2) is 72.8 Å². The maximum Gasteiger partial charge on any atom is 0.253 e. The van der Waals surface area contributed by atoms with E-state index in [0.717, 1.165) is 22.5 Å². The Morgan fingerprint density at radius 1 is 0.902 bits per heavy atom. The number of aliphatic hydroxyl groups is 1. The lowest BCUT2D eigenvalue weighted by atomic mass is 9.73.